The van der Waals surface area contributed by atoms with Crippen LogP contribution >= 0.6 is 0 Å². The Morgan fingerprint density at radius 3 is 2.50 bits per heavy atom. The quantitative estimate of drug-likeness (QED) is 0.632. The van der Waals surface area contributed by atoms with Crippen LogP contribution in [-0.2, 0) is 22.5 Å². The summed E-state index contributed by atoms with van der Waals surface area (Å²) >= 11 is 0. The van der Waals surface area contributed by atoms with Gasteiger partial charge in [0.2, 0.25) is 5.91 Å². The minimum Gasteiger partial charge on any atom is -0.381 e. The first-order valence-corrected chi connectivity index (χ1v) is 13.2. The highest BCUT2D eigenvalue weighted by Gasteiger charge is 2.35. The van der Waals surface area contributed by atoms with Crippen molar-refractivity contribution in [1.29, 1.82) is 0 Å². The molecule has 2 fully saturated rings. The zero-order valence-electron chi connectivity index (χ0n) is 21.7. The Kier molecular flexibility index (Phi) is 10.7. The van der Waals surface area contributed by atoms with Crippen molar-refractivity contribution in [3.63, 3.8) is 0 Å². The van der Waals surface area contributed by atoms with E-state index in [-0.39, 0.29) is 17.4 Å². The number of ether oxygens (including phenoxy) is 1. The zero-order chi connectivity index (χ0) is 25.9. The highest BCUT2D eigenvalue weighted by molar-refractivity contribution is 5.79. The molecule has 5 rings (SSSR count). The number of benzene rings is 1. The summed E-state index contributed by atoms with van der Waals surface area (Å²) in [5.74, 6) is 0.847. The Labute approximate surface area is 215 Å². The molecular formula is C29H40N4O3. The number of aromatic nitrogens is 2. The maximum absolute atomic E-state index is 13.3. The van der Waals surface area contributed by atoms with E-state index in [0.29, 0.717) is 43.0 Å². The third-order valence-electron chi connectivity index (χ3n) is 6.91. The normalized spacial score (nSPS) is 21.4. The van der Waals surface area contributed by atoms with Crippen LogP contribution < -0.4 is 10.9 Å². The van der Waals surface area contributed by atoms with Gasteiger partial charge in [0.05, 0.1) is 12.2 Å². The average molecular weight is 493 g/mol. The summed E-state index contributed by atoms with van der Waals surface area (Å²) in [5.41, 5.74) is 2.24. The number of nitrogens with one attached hydrogen (secondary N) is 2. The van der Waals surface area contributed by atoms with Gasteiger partial charge in [0, 0.05) is 48.9 Å². The van der Waals surface area contributed by atoms with Gasteiger partial charge in [-0.3, -0.25) is 9.59 Å². The second-order valence-corrected chi connectivity index (χ2v) is 9.68. The van der Waals surface area contributed by atoms with E-state index >= 15 is 0 Å². The van der Waals surface area contributed by atoms with Crippen LogP contribution in [0.5, 0.6) is 0 Å². The van der Waals surface area contributed by atoms with Gasteiger partial charge >= 0.3 is 0 Å². The molecule has 2 N–H and O–H groups in total. The van der Waals surface area contributed by atoms with Crippen molar-refractivity contribution in [2.75, 3.05) is 19.8 Å². The summed E-state index contributed by atoms with van der Waals surface area (Å²) in [5, 5.41) is 3.75. The molecule has 3 heterocycles. The van der Waals surface area contributed by atoms with Gasteiger partial charge in [-0.15, -0.1) is 12.8 Å². The lowest BCUT2D eigenvalue weighted by Gasteiger charge is -2.30. The summed E-state index contributed by atoms with van der Waals surface area (Å²) in [6.45, 7) is 6.93. The molecule has 1 aromatic heterocycles. The summed E-state index contributed by atoms with van der Waals surface area (Å²) in [6, 6.07) is 10.6. The lowest BCUT2D eigenvalue weighted by atomic mass is 10.0. The fraction of sp³-hybridized carbons (Fsp3) is 0.552. The van der Waals surface area contributed by atoms with Gasteiger partial charge in [-0.25, -0.2) is 4.98 Å². The zero-order valence-corrected chi connectivity index (χ0v) is 21.7. The predicted molar refractivity (Wildman–Crippen MR) is 143 cm³/mol. The van der Waals surface area contributed by atoms with E-state index in [9.17, 15) is 9.59 Å². The van der Waals surface area contributed by atoms with E-state index in [4.69, 9.17) is 9.72 Å². The van der Waals surface area contributed by atoms with E-state index in [1.54, 1.807) is 0 Å². The monoisotopic (exact) mass is 492 g/mol. The highest BCUT2D eigenvalue weighted by atomic mass is 16.5. The van der Waals surface area contributed by atoms with E-state index in [0.717, 1.165) is 56.6 Å². The summed E-state index contributed by atoms with van der Waals surface area (Å²) in [7, 11) is 0. The lowest BCUT2D eigenvalue weighted by Crippen LogP contribution is -2.43. The number of hydrogen-bond acceptors (Lipinski definition) is 5. The molecule has 36 heavy (non-hydrogen) atoms. The van der Waals surface area contributed by atoms with Crippen LogP contribution in [-0.4, -0.2) is 52.6 Å². The number of aromatic amines is 1. The van der Waals surface area contributed by atoms with Gasteiger partial charge < -0.3 is 19.9 Å². The number of terminal acetylenes is 1. The third-order valence-corrected chi connectivity index (χ3v) is 6.91. The lowest BCUT2D eigenvalue weighted by molar-refractivity contribution is -0.136. The largest absolute Gasteiger partial charge is 0.381 e. The minimum atomic E-state index is -0.0856. The van der Waals surface area contributed by atoms with Crippen LogP contribution in [0.3, 0.4) is 0 Å². The smallest absolute Gasteiger partial charge is 0.254 e. The number of rotatable bonds is 4. The molecule has 0 radical (unpaired) electrons. The maximum Gasteiger partial charge on any atom is 0.254 e. The second kappa shape index (κ2) is 14.0. The molecule has 1 saturated heterocycles. The Morgan fingerprint density at radius 1 is 1.11 bits per heavy atom. The van der Waals surface area contributed by atoms with Crippen molar-refractivity contribution in [3.8, 4) is 24.2 Å². The highest BCUT2D eigenvalue weighted by Crippen LogP contribution is 2.30. The standard InChI is InChI=1S/C24H30N4O3.C3H8.C2H2/c29-23-20-8-11-28(15-21(20)26-22(27-23)16-4-2-1-3-5-16)24(30)17-6-7-19(14-17)25-18-9-12-31-13-10-18;1-3-2;1-2/h1-5,17-19,25H,6-15H2,(H,26,27,29);3H2,1-2H3;1-2H/t17-,19+;;/m0../s1. The molecule has 0 bridgehead atoms. The Morgan fingerprint density at radius 2 is 1.81 bits per heavy atom. The summed E-state index contributed by atoms with van der Waals surface area (Å²) in [6.07, 6.45) is 14.8. The SMILES string of the molecule is C#C.CCC.O=C([C@H]1CC[C@@H](NC2CCOCC2)C1)N1CCc2c(nc(-c3ccccc3)[nH]c2=O)C1. The summed E-state index contributed by atoms with van der Waals surface area (Å²) in [4.78, 5) is 35.4. The second-order valence-electron chi connectivity index (χ2n) is 9.68. The average Bonchev–Trinajstić information content (AvgIpc) is 3.39. The van der Waals surface area contributed by atoms with Gasteiger partial charge in [0.25, 0.3) is 5.56 Å². The molecular weight excluding hydrogens is 452 g/mol. The first-order chi connectivity index (χ1) is 17.6. The molecule has 0 spiro atoms. The first-order valence-electron chi connectivity index (χ1n) is 13.2. The van der Waals surface area contributed by atoms with Crippen molar-refractivity contribution in [2.24, 2.45) is 5.92 Å². The van der Waals surface area contributed by atoms with Crippen molar-refractivity contribution in [2.45, 2.75) is 77.4 Å². The van der Waals surface area contributed by atoms with E-state index in [1.165, 1.54) is 6.42 Å². The number of H-pyrrole nitrogens is 1. The van der Waals surface area contributed by atoms with Crippen LogP contribution in [0.15, 0.2) is 35.1 Å². The van der Waals surface area contributed by atoms with E-state index < -0.39 is 0 Å². The third kappa shape index (κ3) is 7.05. The minimum absolute atomic E-state index is 0.0643. The van der Waals surface area contributed by atoms with Crippen molar-refractivity contribution >= 4 is 5.91 Å². The van der Waals surface area contributed by atoms with Crippen LogP contribution in [0.1, 0.15) is 63.6 Å². The van der Waals surface area contributed by atoms with Gasteiger partial charge in [-0.2, -0.15) is 0 Å². The van der Waals surface area contributed by atoms with Crippen LogP contribution in [0, 0.1) is 18.8 Å². The van der Waals surface area contributed by atoms with Gasteiger partial charge in [-0.1, -0.05) is 50.6 Å². The Bertz CT molecular complexity index is 1040. The van der Waals surface area contributed by atoms with Crippen molar-refractivity contribution in [3.05, 3.63) is 51.9 Å². The molecule has 1 saturated carbocycles. The number of hydrogen-bond donors (Lipinski definition) is 2. The molecule has 1 aromatic carbocycles. The van der Waals surface area contributed by atoms with Gasteiger partial charge in [0.15, 0.2) is 0 Å². The van der Waals surface area contributed by atoms with E-state index in [2.05, 4.69) is 37.0 Å². The number of carbonyl (C=O) groups excluding carboxylic acids is 1. The first kappa shape index (κ1) is 27.6. The van der Waals surface area contributed by atoms with E-state index in [1.807, 2.05) is 35.2 Å². The van der Waals surface area contributed by atoms with Crippen molar-refractivity contribution in [1.82, 2.24) is 20.2 Å². The molecule has 2 aliphatic heterocycles. The predicted octanol–water partition coefficient (Wildman–Crippen LogP) is 3.92. The number of carbonyl (C=O) groups is 1. The molecule has 194 valence electrons. The maximum atomic E-state index is 13.3. The Hall–Kier alpha value is -2.95. The number of amides is 1. The Balaban J connectivity index is 0.000000674. The molecule has 0 unspecified atom stereocenters. The molecule has 3 aliphatic rings. The van der Waals surface area contributed by atoms with Crippen LogP contribution in [0.25, 0.3) is 11.4 Å². The number of nitrogens with zero attached hydrogens (tertiary/aromatic N) is 2. The fourth-order valence-corrected chi connectivity index (χ4v) is 5.17. The fourth-order valence-electron chi connectivity index (χ4n) is 5.17. The van der Waals surface area contributed by atoms with Gasteiger partial charge in [-0.05, 0) is 38.5 Å². The number of fused-ring (bicyclic) bond motifs is 1. The molecule has 1 aliphatic carbocycles. The molecule has 1 amide bonds. The van der Waals surface area contributed by atoms with Crippen LogP contribution in [0.4, 0.5) is 0 Å². The van der Waals surface area contributed by atoms with Crippen molar-refractivity contribution < 1.29 is 9.53 Å². The van der Waals surface area contributed by atoms with Gasteiger partial charge in [0.1, 0.15) is 5.82 Å². The molecule has 2 atom stereocenters. The summed E-state index contributed by atoms with van der Waals surface area (Å²) < 4.78 is 5.45. The topological polar surface area (TPSA) is 87.3 Å². The molecule has 7 nitrogen and oxygen atoms in total. The molecule has 2 aromatic rings. The molecule has 7 heteroatoms. The van der Waals surface area contributed by atoms with Crippen LogP contribution in [0.2, 0.25) is 0 Å².